The second-order valence-corrected chi connectivity index (χ2v) is 3.37. The van der Waals surface area contributed by atoms with Gasteiger partial charge in [-0.15, -0.1) is 0 Å². The number of carbonyl (C=O) groups is 1. The monoisotopic (exact) mass is 238 g/mol. The summed E-state index contributed by atoms with van der Waals surface area (Å²) in [5.74, 6) is -1.85. The first-order valence-electron chi connectivity index (χ1n) is 4.76. The van der Waals surface area contributed by atoms with Gasteiger partial charge in [0.2, 0.25) is 0 Å². The van der Waals surface area contributed by atoms with Crippen LogP contribution < -0.4 is 0 Å². The van der Waals surface area contributed by atoms with E-state index in [0.717, 1.165) is 6.07 Å². The number of aromatic nitrogens is 2. The lowest BCUT2D eigenvalue weighted by atomic mass is 10.0. The minimum Gasteiger partial charge on any atom is -0.477 e. The summed E-state index contributed by atoms with van der Waals surface area (Å²) < 4.78 is 26.0. The Bertz CT molecular complexity index is 566. The van der Waals surface area contributed by atoms with Gasteiger partial charge in [-0.05, 0) is 12.1 Å². The lowest BCUT2D eigenvalue weighted by molar-refractivity contribution is 0.0690. The number of halogens is 2. The Morgan fingerprint density at radius 3 is 2.82 bits per heavy atom. The normalized spacial score (nSPS) is 10.5. The molecule has 2 aromatic rings. The third kappa shape index (κ3) is 2.01. The summed E-state index contributed by atoms with van der Waals surface area (Å²) in [6.07, 6.45) is 0. The van der Waals surface area contributed by atoms with Crippen LogP contribution in [-0.2, 0) is 6.67 Å². The van der Waals surface area contributed by atoms with E-state index >= 15 is 0 Å². The van der Waals surface area contributed by atoms with Crippen molar-refractivity contribution in [3.05, 3.63) is 41.3 Å². The van der Waals surface area contributed by atoms with Gasteiger partial charge in [0, 0.05) is 11.1 Å². The molecule has 0 fully saturated rings. The van der Waals surface area contributed by atoms with Crippen LogP contribution in [0.5, 0.6) is 0 Å². The molecule has 0 unspecified atom stereocenters. The first-order valence-corrected chi connectivity index (χ1v) is 4.76. The van der Waals surface area contributed by atoms with Gasteiger partial charge in [0.1, 0.15) is 18.2 Å². The standard InChI is InChI=1S/C11H8F2N2O2/c12-5-7-6(2-1-3-8(7)13)9-4-10(11(16)17)15-14-9/h1-4H,5H2,(H,14,15)(H,16,17). The molecule has 2 N–H and O–H groups in total. The third-order valence-corrected chi connectivity index (χ3v) is 2.34. The molecule has 0 radical (unpaired) electrons. The van der Waals surface area contributed by atoms with Gasteiger partial charge in [0.25, 0.3) is 0 Å². The maximum absolute atomic E-state index is 13.3. The fourth-order valence-electron chi connectivity index (χ4n) is 1.50. The van der Waals surface area contributed by atoms with Crippen molar-refractivity contribution in [2.24, 2.45) is 0 Å². The van der Waals surface area contributed by atoms with Crippen LogP contribution >= 0.6 is 0 Å². The number of alkyl halides is 1. The van der Waals surface area contributed by atoms with Crippen LogP contribution in [0.4, 0.5) is 8.78 Å². The van der Waals surface area contributed by atoms with Crippen LogP contribution in [0.3, 0.4) is 0 Å². The number of nitrogens with zero attached hydrogens (tertiary/aromatic N) is 1. The number of rotatable bonds is 3. The molecule has 0 aliphatic rings. The SMILES string of the molecule is O=C(O)c1cc(-c2cccc(F)c2CF)n[nH]1. The van der Waals surface area contributed by atoms with Gasteiger partial charge in [0.05, 0.1) is 5.69 Å². The van der Waals surface area contributed by atoms with Crippen LogP contribution in [-0.4, -0.2) is 21.3 Å². The van der Waals surface area contributed by atoms with E-state index in [-0.39, 0.29) is 22.5 Å². The number of hydrogen-bond donors (Lipinski definition) is 2. The molecule has 0 saturated carbocycles. The average molecular weight is 238 g/mol. The van der Waals surface area contributed by atoms with E-state index in [9.17, 15) is 13.6 Å². The smallest absolute Gasteiger partial charge is 0.353 e. The molecular formula is C11H8F2N2O2. The van der Waals surface area contributed by atoms with E-state index in [0.29, 0.717) is 0 Å². The van der Waals surface area contributed by atoms with Gasteiger partial charge in [0.15, 0.2) is 0 Å². The fourth-order valence-corrected chi connectivity index (χ4v) is 1.50. The van der Waals surface area contributed by atoms with Crippen molar-refractivity contribution in [2.75, 3.05) is 0 Å². The molecule has 0 atom stereocenters. The molecule has 6 heteroatoms. The summed E-state index contributed by atoms with van der Waals surface area (Å²) in [7, 11) is 0. The summed E-state index contributed by atoms with van der Waals surface area (Å²) in [4.78, 5) is 10.6. The van der Waals surface area contributed by atoms with Gasteiger partial charge >= 0.3 is 5.97 Å². The van der Waals surface area contributed by atoms with Crippen molar-refractivity contribution in [2.45, 2.75) is 6.67 Å². The van der Waals surface area contributed by atoms with Gasteiger partial charge < -0.3 is 5.11 Å². The number of carboxylic acids is 1. The third-order valence-electron chi connectivity index (χ3n) is 2.34. The van der Waals surface area contributed by atoms with E-state index in [1.165, 1.54) is 18.2 Å². The van der Waals surface area contributed by atoms with Crippen molar-refractivity contribution < 1.29 is 18.7 Å². The van der Waals surface area contributed by atoms with Crippen LogP contribution in [0.15, 0.2) is 24.3 Å². The quantitative estimate of drug-likeness (QED) is 0.862. The minimum atomic E-state index is -1.18. The van der Waals surface area contributed by atoms with E-state index in [1.807, 2.05) is 0 Å². The van der Waals surface area contributed by atoms with Crippen LogP contribution in [0.2, 0.25) is 0 Å². The maximum Gasteiger partial charge on any atom is 0.353 e. The molecule has 17 heavy (non-hydrogen) atoms. The Morgan fingerprint density at radius 1 is 1.47 bits per heavy atom. The van der Waals surface area contributed by atoms with Crippen LogP contribution in [0.1, 0.15) is 16.1 Å². The number of H-pyrrole nitrogens is 1. The molecular weight excluding hydrogens is 230 g/mol. The summed E-state index contributed by atoms with van der Waals surface area (Å²) in [6.45, 7) is -0.975. The number of benzene rings is 1. The highest BCUT2D eigenvalue weighted by Gasteiger charge is 2.14. The van der Waals surface area contributed by atoms with Crippen molar-refractivity contribution in [1.29, 1.82) is 0 Å². The van der Waals surface area contributed by atoms with Gasteiger partial charge in [-0.2, -0.15) is 5.10 Å². The Balaban J connectivity index is 2.52. The number of hydrogen-bond acceptors (Lipinski definition) is 2. The molecule has 4 nitrogen and oxygen atoms in total. The van der Waals surface area contributed by atoms with Crippen LogP contribution in [0, 0.1) is 5.82 Å². The second kappa shape index (κ2) is 4.32. The molecule has 0 spiro atoms. The fraction of sp³-hybridized carbons (Fsp3) is 0.0909. The van der Waals surface area contributed by atoms with E-state index in [1.54, 1.807) is 0 Å². The molecule has 1 aromatic heterocycles. The summed E-state index contributed by atoms with van der Waals surface area (Å²) in [5, 5.41) is 14.7. The predicted octanol–water partition coefficient (Wildman–Crippen LogP) is 2.38. The summed E-state index contributed by atoms with van der Waals surface area (Å²) in [5.41, 5.74) is 0.191. The molecule has 1 heterocycles. The Morgan fingerprint density at radius 2 is 2.24 bits per heavy atom. The number of carboxylic acid groups (broad SMARTS) is 1. The van der Waals surface area contributed by atoms with Gasteiger partial charge in [-0.1, -0.05) is 12.1 Å². The lowest BCUT2D eigenvalue weighted by Crippen LogP contribution is -1.95. The minimum absolute atomic E-state index is 0.129. The zero-order valence-corrected chi connectivity index (χ0v) is 8.58. The second-order valence-electron chi connectivity index (χ2n) is 3.37. The molecule has 0 aliphatic heterocycles. The maximum atomic E-state index is 13.3. The van der Waals surface area contributed by atoms with Crippen molar-refractivity contribution >= 4 is 5.97 Å². The lowest BCUT2D eigenvalue weighted by Gasteiger charge is -2.03. The molecule has 0 bridgehead atoms. The summed E-state index contributed by atoms with van der Waals surface area (Å²) >= 11 is 0. The molecule has 0 aliphatic carbocycles. The van der Waals surface area contributed by atoms with Gasteiger partial charge in [-0.25, -0.2) is 13.6 Å². The number of aromatic carboxylic acids is 1. The predicted molar refractivity (Wildman–Crippen MR) is 55.8 cm³/mol. The Kier molecular flexibility index (Phi) is 2.86. The molecule has 0 saturated heterocycles. The molecule has 1 aromatic carbocycles. The zero-order chi connectivity index (χ0) is 12.4. The number of nitrogens with one attached hydrogen (secondary N) is 1. The highest BCUT2D eigenvalue weighted by atomic mass is 19.1. The molecule has 88 valence electrons. The zero-order valence-electron chi connectivity index (χ0n) is 8.58. The first kappa shape index (κ1) is 11.3. The topological polar surface area (TPSA) is 66.0 Å². The highest BCUT2D eigenvalue weighted by molar-refractivity contribution is 5.87. The molecule has 0 amide bonds. The largest absolute Gasteiger partial charge is 0.477 e. The van der Waals surface area contributed by atoms with Crippen molar-refractivity contribution in [3.8, 4) is 11.3 Å². The Hall–Kier alpha value is -2.24. The van der Waals surface area contributed by atoms with E-state index < -0.39 is 18.5 Å². The highest BCUT2D eigenvalue weighted by Crippen LogP contribution is 2.25. The first-order chi connectivity index (χ1) is 8.13. The average Bonchev–Trinajstić information content (AvgIpc) is 2.77. The van der Waals surface area contributed by atoms with Gasteiger partial charge in [-0.3, -0.25) is 5.10 Å². The molecule has 2 rings (SSSR count). The van der Waals surface area contributed by atoms with E-state index in [4.69, 9.17) is 5.11 Å². The summed E-state index contributed by atoms with van der Waals surface area (Å²) in [6, 6.07) is 5.28. The van der Waals surface area contributed by atoms with Crippen molar-refractivity contribution in [3.63, 3.8) is 0 Å². The number of aromatic amines is 1. The van der Waals surface area contributed by atoms with E-state index in [2.05, 4.69) is 10.2 Å². The van der Waals surface area contributed by atoms with Crippen LogP contribution in [0.25, 0.3) is 11.3 Å². The Labute approximate surface area is 94.9 Å². The van der Waals surface area contributed by atoms with Crippen molar-refractivity contribution in [1.82, 2.24) is 10.2 Å².